The van der Waals surface area contributed by atoms with Crippen LogP contribution in [0.15, 0.2) is 36.7 Å². The lowest BCUT2D eigenvalue weighted by molar-refractivity contribution is -0.136. The van der Waals surface area contributed by atoms with Crippen LogP contribution in [0.1, 0.15) is 44.4 Å². The van der Waals surface area contributed by atoms with Crippen LogP contribution < -0.4 is 5.32 Å². The van der Waals surface area contributed by atoms with Gasteiger partial charge in [-0.25, -0.2) is 9.97 Å². The first kappa shape index (κ1) is 19.8. The van der Waals surface area contributed by atoms with E-state index < -0.39 is 0 Å². The van der Waals surface area contributed by atoms with E-state index in [-0.39, 0.29) is 5.91 Å². The van der Waals surface area contributed by atoms with Crippen LogP contribution in [-0.2, 0) is 4.79 Å². The van der Waals surface area contributed by atoms with Crippen molar-refractivity contribution in [3.8, 4) is 11.1 Å². The zero-order valence-corrected chi connectivity index (χ0v) is 18.1. The minimum Gasteiger partial charge on any atom is -0.369 e. The molecule has 29 heavy (non-hydrogen) atoms. The maximum atomic E-state index is 12.8. The summed E-state index contributed by atoms with van der Waals surface area (Å²) in [7, 11) is 0. The molecule has 2 aromatic heterocycles. The number of piperidine rings is 1. The average Bonchev–Trinajstić information content (AvgIpc) is 3.05. The lowest BCUT2D eigenvalue weighted by Crippen LogP contribution is -2.47. The first-order chi connectivity index (χ1) is 14.1. The molecule has 3 heterocycles. The highest BCUT2D eigenvalue weighted by atomic mass is 32.1. The highest BCUT2D eigenvalue weighted by Gasteiger charge is 2.28. The maximum Gasteiger partial charge on any atom is 0.224 e. The second-order valence-corrected chi connectivity index (χ2v) is 9.11. The van der Waals surface area contributed by atoms with E-state index >= 15 is 0 Å². The summed E-state index contributed by atoms with van der Waals surface area (Å²) in [5.74, 6) is 1.04. The van der Waals surface area contributed by atoms with Crippen molar-refractivity contribution in [3.05, 3.63) is 41.5 Å². The molecule has 1 fully saturated rings. The molecule has 3 aromatic rings. The smallest absolute Gasteiger partial charge is 0.224 e. The van der Waals surface area contributed by atoms with Gasteiger partial charge in [-0.05, 0) is 45.6 Å². The van der Waals surface area contributed by atoms with Gasteiger partial charge in [0.15, 0.2) is 0 Å². The number of aromatic nitrogens is 2. The molecule has 1 N–H and O–H groups in total. The number of rotatable bonds is 5. The van der Waals surface area contributed by atoms with Gasteiger partial charge in [0, 0.05) is 35.5 Å². The Morgan fingerprint density at radius 3 is 2.62 bits per heavy atom. The van der Waals surface area contributed by atoms with Crippen molar-refractivity contribution in [3.63, 3.8) is 0 Å². The first-order valence-corrected chi connectivity index (χ1v) is 11.2. The number of likely N-dealkylation sites (tertiary alicyclic amines) is 1. The fourth-order valence-corrected chi connectivity index (χ4v) is 5.47. The van der Waals surface area contributed by atoms with Crippen LogP contribution in [-0.4, -0.2) is 39.4 Å². The van der Waals surface area contributed by atoms with E-state index in [1.807, 2.05) is 6.07 Å². The molecule has 0 radical (unpaired) electrons. The maximum absolute atomic E-state index is 12.8. The average molecular weight is 409 g/mol. The number of nitrogens with zero attached hydrogens (tertiary/aromatic N) is 3. The molecule has 2 atom stereocenters. The van der Waals surface area contributed by atoms with E-state index in [0.717, 1.165) is 28.9 Å². The summed E-state index contributed by atoms with van der Waals surface area (Å²) in [6, 6.07) is 11.0. The molecular weight excluding hydrogens is 380 g/mol. The summed E-state index contributed by atoms with van der Waals surface area (Å²) in [5.41, 5.74) is 2.35. The Bertz CT molecular complexity index is 991. The molecule has 2 unspecified atom stereocenters. The van der Waals surface area contributed by atoms with Gasteiger partial charge in [-0.2, -0.15) is 0 Å². The molecule has 1 aliphatic heterocycles. The van der Waals surface area contributed by atoms with Crippen LogP contribution in [0.25, 0.3) is 21.3 Å². The molecule has 0 spiro atoms. The molecule has 1 amide bonds. The monoisotopic (exact) mass is 408 g/mol. The Morgan fingerprint density at radius 2 is 1.90 bits per heavy atom. The lowest BCUT2D eigenvalue weighted by atomic mass is 9.97. The Labute approximate surface area is 176 Å². The van der Waals surface area contributed by atoms with Crippen LogP contribution in [0.2, 0.25) is 0 Å². The quantitative estimate of drug-likeness (QED) is 0.626. The summed E-state index contributed by atoms with van der Waals surface area (Å²) in [5, 5.41) is 4.47. The van der Waals surface area contributed by atoms with E-state index in [1.54, 1.807) is 17.7 Å². The number of nitrogens with one attached hydrogen (secondary N) is 1. The Morgan fingerprint density at radius 1 is 1.17 bits per heavy atom. The minimum absolute atomic E-state index is 0.229. The van der Waals surface area contributed by atoms with E-state index in [0.29, 0.717) is 25.0 Å². The third kappa shape index (κ3) is 3.99. The number of carbonyl (C=O) groups is 1. The molecule has 1 aromatic carbocycles. The summed E-state index contributed by atoms with van der Waals surface area (Å²) >= 11 is 1.68. The van der Waals surface area contributed by atoms with Gasteiger partial charge in [-0.1, -0.05) is 30.3 Å². The topological polar surface area (TPSA) is 58.1 Å². The highest BCUT2D eigenvalue weighted by molar-refractivity contribution is 7.19. The minimum atomic E-state index is 0.229. The summed E-state index contributed by atoms with van der Waals surface area (Å²) < 4.78 is 0. The molecule has 4 rings (SSSR count). The van der Waals surface area contributed by atoms with Crippen molar-refractivity contribution in [1.29, 1.82) is 0 Å². The third-order valence-electron chi connectivity index (χ3n) is 5.84. The Hall–Kier alpha value is -2.47. The van der Waals surface area contributed by atoms with Crippen molar-refractivity contribution in [2.24, 2.45) is 0 Å². The second-order valence-electron chi connectivity index (χ2n) is 7.91. The molecule has 0 aliphatic carbocycles. The van der Waals surface area contributed by atoms with Crippen LogP contribution in [0, 0.1) is 6.92 Å². The van der Waals surface area contributed by atoms with Crippen molar-refractivity contribution in [2.75, 3.05) is 11.9 Å². The molecule has 152 valence electrons. The van der Waals surface area contributed by atoms with Gasteiger partial charge in [0.25, 0.3) is 0 Å². The van der Waals surface area contributed by atoms with Crippen molar-refractivity contribution in [2.45, 2.75) is 58.5 Å². The van der Waals surface area contributed by atoms with Crippen LogP contribution in [0.5, 0.6) is 0 Å². The van der Waals surface area contributed by atoms with Crippen molar-refractivity contribution < 1.29 is 4.79 Å². The van der Waals surface area contributed by atoms with E-state index in [1.165, 1.54) is 22.4 Å². The number of fused-ring (bicyclic) bond motifs is 1. The highest BCUT2D eigenvalue weighted by Crippen LogP contribution is 2.40. The molecule has 0 saturated carbocycles. The lowest BCUT2D eigenvalue weighted by Gasteiger charge is -2.39. The van der Waals surface area contributed by atoms with Gasteiger partial charge in [0.2, 0.25) is 5.91 Å². The Kier molecular flexibility index (Phi) is 5.81. The molecule has 1 aliphatic rings. The van der Waals surface area contributed by atoms with Crippen LogP contribution in [0.4, 0.5) is 5.82 Å². The van der Waals surface area contributed by atoms with E-state index in [9.17, 15) is 4.79 Å². The number of amides is 1. The van der Waals surface area contributed by atoms with E-state index in [4.69, 9.17) is 0 Å². The summed E-state index contributed by atoms with van der Waals surface area (Å²) in [6.07, 6.45) is 5.49. The van der Waals surface area contributed by atoms with Gasteiger partial charge in [0.05, 0.1) is 5.39 Å². The number of hydrogen-bond donors (Lipinski definition) is 1. The van der Waals surface area contributed by atoms with Crippen molar-refractivity contribution >= 4 is 33.3 Å². The van der Waals surface area contributed by atoms with Crippen LogP contribution >= 0.6 is 11.3 Å². The molecule has 1 saturated heterocycles. The fraction of sp³-hybridized carbons (Fsp3) is 0.435. The van der Waals surface area contributed by atoms with Gasteiger partial charge >= 0.3 is 0 Å². The number of benzene rings is 1. The number of carbonyl (C=O) groups excluding carboxylic acids is 1. The zero-order chi connectivity index (χ0) is 20.4. The van der Waals surface area contributed by atoms with E-state index in [2.05, 4.69) is 65.2 Å². The predicted octanol–water partition coefficient (Wildman–Crippen LogP) is 5.26. The SMILES string of the molecule is Cc1sc2ncnc(NCCC(=O)N3C(C)CCCC3C)c2c1-c1ccccc1. The molecular formula is C23H28N4OS. The predicted molar refractivity (Wildman–Crippen MR) is 120 cm³/mol. The van der Waals surface area contributed by atoms with Gasteiger partial charge < -0.3 is 10.2 Å². The zero-order valence-electron chi connectivity index (χ0n) is 17.3. The molecule has 5 nitrogen and oxygen atoms in total. The van der Waals surface area contributed by atoms with Crippen LogP contribution in [0.3, 0.4) is 0 Å². The number of hydrogen-bond acceptors (Lipinski definition) is 5. The fourth-order valence-electron chi connectivity index (χ4n) is 4.46. The van der Waals surface area contributed by atoms with Crippen molar-refractivity contribution in [1.82, 2.24) is 14.9 Å². The standard InChI is InChI=1S/C23H28N4OS/c1-15-8-7-9-16(2)27(15)19(28)12-13-24-22-21-20(18-10-5-4-6-11-18)17(3)29-23(21)26-14-25-22/h4-6,10-11,14-16H,7-9,12-13H2,1-3H3,(H,24,25,26). The molecule has 6 heteroatoms. The van der Waals surface area contributed by atoms with Gasteiger partial charge in [-0.15, -0.1) is 11.3 Å². The van der Waals surface area contributed by atoms with Gasteiger partial charge in [-0.3, -0.25) is 4.79 Å². The first-order valence-electron chi connectivity index (χ1n) is 10.4. The largest absolute Gasteiger partial charge is 0.369 e. The third-order valence-corrected chi connectivity index (χ3v) is 6.85. The summed E-state index contributed by atoms with van der Waals surface area (Å²) in [6.45, 7) is 7.02. The number of aryl methyl sites for hydroxylation is 1. The number of thiophene rings is 1. The Balaban J connectivity index is 1.54. The second kappa shape index (κ2) is 8.49. The molecule has 0 bridgehead atoms. The normalized spacial score (nSPS) is 19.5. The van der Waals surface area contributed by atoms with Gasteiger partial charge in [0.1, 0.15) is 17.0 Å². The number of anilines is 1. The summed E-state index contributed by atoms with van der Waals surface area (Å²) in [4.78, 5) is 26.1.